The molecule has 1 spiro atoms. The molecule has 106 valence electrons. The van der Waals surface area contributed by atoms with E-state index in [4.69, 9.17) is 10.5 Å². The summed E-state index contributed by atoms with van der Waals surface area (Å²) in [5.41, 5.74) is 6.72. The monoisotopic (exact) mass is 254 g/mol. The van der Waals surface area contributed by atoms with Crippen molar-refractivity contribution in [3.8, 4) is 0 Å². The number of hydrogen-bond acceptors (Lipinski definition) is 3. The second kappa shape index (κ2) is 5.48. The fraction of sp³-hybridized carbons (Fsp3) is 1.00. The highest BCUT2D eigenvalue weighted by atomic mass is 16.5. The second-order valence-electron chi connectivity index (χ2n) is 6.63. The molecule has 1 heterocycles. The van der Waals surface area contributed by atoms with Gasteiger partial charge in [-0.25, -0.2) is 0 Å². The van der Waals surface area contributed by atoms with Gasteiger partial charge in [0.25, 0.3) is 0 Å². The lowest BCUT2D eigenvalue weighted by Gasteiger charge is -2.49. The summed E-state index contributed by atoms with van der Waals surface area (Å²) < 4.78 is 5.55. The number of methoxy groups -OCH3 is 1. The van der Waals surface area contributed by atoms with E-state index < -0.39 is 0 Å². The molecule has 2 rings (SSSR count). The maximum Gasteiger partial charge on any atom is 0.0736 e. The van der Waals surface area contributed by atoms with Gasteiger partial charge in [-0.15, -0.1) is 0 Å². The number of hydrogen-bond donors (Lipinski definition) is 1. The predicted octanol–water partition coefficient (Wildman–Crippen LogP) is 2.39. The number of nitrogens with two attached hydrogens (primary N) is 1. The Kier molecular flexibility index (Phi) is 4.35. The first-order chi connectivity index (χ1) is 8.56. The molecule has 0 aromatic carbocycles. The molecule has 1 aliphatic heterocycles. The predicted molar refractivity (Wildman–Crippen MR) is 75.6 cm³/mol. The lowest BCUT2D eigenvalue weighted by Crippen LogP contribution is -2.61. The molecule has 2 fully saturated rings. The normalized spacial score (nSPS) is 29.3. The lowest BCUT2D eigenvalue weighted by molar-refractivity contribution is -0.0553. The highest BCUT2D eigenvalue weighted by Gasteiger charge is 2.43. The smallest absolute Gasteiger partial charge is 0.0736 e. The van der Waals surface area contributed by atoms with Gasteiger partial charge in [-0.1, -0.05) is 12.8 Å². The van der Waals surface area contributed by atoms with Gasteiger partial charge in [0.1, 0.15) is 0 Å². The molecule has 0 aromatic rings. The third kappa shape index (κ3) is 2.45. The van der Waals surface area contributed by atoms with Crippen LogP contribution in [0.3, 0.4) is 0 Å². The average Bonchev–Trinajstić information content (AvgIpc) is 2.86. The first-order valence-corrected chi connectivity index (χ1v) is 7.54. The topological polar surface area (TPSA) is 38.5 Å². The minimum absolute atomic E-state index is 0.00500. The zero-order valence-corrected chi connectivity index (χ0v) is 12.4. The maximum absolute atomic E-state index is 6.04. The van der Waals surface area contributed by atoms with Crippen LogP contribution in [-0.2, 0) is 4.74 Å². The highest BCUT2D eigenvalue weighted by Crippen LogP contribution is 2.47. The van der Waals surface area contributed by atoms with Gasteiger partial charge in [-0.2, -0.15) is 0 Å². The summed E-state index contributed by atoms with van der Waals surface area (Å²) in [6.07, 6.45) is 8.73. The summed E-state index contributed by atoms with van der Waals surface area (Å²) in [6.45, 7) is 7.47. The van der Waals surface area contributed by atoms with E-state index in [0.29, 0.717) is 12.0 Å². The van der Waals surface area contributed by atoms with Crippen LogP contribution in [0.15, 0.2) is 0 Å². The Balaban J connectivity index is 1.99. The Bertz CT molecular complexity index is 266. The third-order valence-corrected chi connectivity index (χ3v) is 5.85. The summed E-state index contributed by atoms with van der Waals surface area (Å²) >= 11 is 0. The zero-order chi connectivity index (χ0) is 13.2. The van der Waals surface area contributed by atoms with Crippen LogP contribution in [0, 0.1) is 5.41 Å². The average molecular weight is 254 g/mol. The fourth-order valence-electron chi connectivity index (χ4n) is 3.92. The van der Waals surface area contributed by atoms with Gasteiger partial charge in [-0.05, 0) is 58.0 Å². The van der Waals surface area contributed by atoms with Crippen molar-refractivity contribution in [2.24, 2.45) is 11.1 Å². The van der Waals surface area contributed by atoms with Gasteiger partial charge in [0.15, 0.2) is 0 Å². The molecule has 0 bridgehead atoms. The SMILES string of the molecule is COC(C)C(C)(CN)N1CCC2(CCCC2)CC1. The van der Waals surface area contributed by atoms with Gasteiger partial charge in [0.2, 0.25) is 0 Å². The molecule has 3 heteroatoms. The second-order valence-corrected chi connectivity index (χ2v) is 6.63. The molecule has 1 aliphatic carbocycles. The van der Waals surface area contributed by atoms with Crippen LogP contribution in [0.5, 0.6) is 0 Å². The molecule has 0 amide bonds. The molecule has 2 atom stereocenters. The van der Waals surface area contributed by atoms with E-state index in [2.05, 4.69) is 18.7 Å². The Morgan fingerprint density at radius 3 is 2.22 bits per heavy atom. The molecule has 0 radical (unpaired) electrons. The summed E-state index contributed by atoms with van der Waals surface area (Å²) in [6, 6.07) is 0. The summed E-state index contributed by atoms with van der Waals surface area (Å²) in [4.78, 5) is 2.57. The number of rotatable bonds is 4. The number of nitrogens with zero attached hydrogens (tertiary/aromatic N) is 1. The molecule has 1 saturated heterocycles. The van der Waals surface area contributed by atoms with Gasteiger partial charge in [0, 0.05) is 13.7 Å². The first kappa shape index (κ1) is 14.3. The number of piperidine rings is 1. The number of likely N-dealkylation sites (tertiary alicyclic amines) is 1. The van der Waals surface area contributed by atoms with Crippen molar-refractivity contribution in [2.75, 3.05) is 26.7 Å². The van der Waals surface area contributed by atoms with Crippen molar-refractivity contribution in [2.45, 2.75) is 64.0 Å². The molecule has 2 aliphatic rings. The summed E-state index contributed by atoms with van der Waals surface area (Å²) in [5, 5.41) is 0. The van der Waals surface area contributed by atoms with Crippen LogP contribution >= 0.6 is 0 Å². The van der Waals surface area contributed by atoms with Crippen molar-refractivity contribution in [1.29, 1.82) is 0 Å². The molecule has 18 heavy (non-hydrogen) atoms. The third-order valence-electron chi connectivity index (χ3n) is 5.85. The van der Waals surface area contributed by atoms with E-state index in [1.54, 1.807) is 7.11 Å². The fourth-order valence-corrected chi connectivity index (χ4v) is 3.92. The Morgan fingerprint density at radius 1 is 1.22 bits per heavy atom. The van der Waals surface area contributed by atoms with Gasteiger partial charge in [-0.3, -0.25) is 4.90 Å². The van der Waals surface area contributed by atoms with Gasteiger partial charge < -0.3 is 10.5 Å². The van der Waals surface area contributed by atoms with E-state index in [9.17, 15) is 0 Å². The van der Waals surface area contributed by atoms with Crippen LogP contribution in [0.25, 0.3) is 0 Å². The zero-order valence-electron chi connectivity index (χ0n) is 12.4. The van der Waals surface area contributed by atoms with Crippen molar-refractivity contribution >= 4 is 0 Å². The minimum atomic E-state index is -0.00500. The van der Waals surface area contributed by atoms with Crippen LogP contribution < -0.4 is 5.73 Å². The van der Waals surface area contributed by atoms with E-state index in [1.807, 2.05) is 0 Å². The Labute approximate surface area is 112 Å². The molecule has 1 saturated carbocycles. The van der Waals surface area contributed by atoms with E-state index in [0.717, 1.165) is 0 Å². The summed E-state index contributed by atoms with van der Waals surface area (Å²) in [5.74, 6) is 0. The summed E-state index contributed by atoms with van der Waals surface area (Å²) in [7, 11) is 1.79. The highest BCUT2D eigenvalue weighted by molar-refractivity contribution is 4.98. The number of ether oxygens (including phenoxy) is 1. The van der Waals surface area contributed by atoms with E-state index in [1.165, 1.54) is 51.6 Å². The standard InChI is InChI=1S/C15H30N2O/c1-13(18-3)14(2,12-16)17-10-8-15(9-11-17)6-4-5-7-15/h13H,4-12,16H2,1-3H3. The Morgan fingerprint density at radius 2 is 1.78 bits per heavy atom. The molecule has 3 nitrogen and oxygen atoms in total. The largest absolute Gasteiger partial charge is 0.380 e. The Hall–Kier alpha value is -0.120. The van der Waals surface area contributed by atoms with Crippen molar-refractivity contribution in [3.63, 3.8) is 0 Å². The van der Waals surface area contributed by atoms with Crippen LogP contribution in [0.1, 0.15) is 52.4 Å². The van der Waals surface area contributed by atoms with Gasteiger partial charge in [0.05, 0.1) is 11.6 Å². The molecule has 2 unspecified atom stereocenters. The minimum Gasteiger partial charge on any atom is -0.380 e. The van der Waals surface area contributed by atoms with E-state index in [-0.39, 0.29) is 11.6 Å². The molecular formula is C15H30N2O. The maximum atomic E-state index is 6.04. The van der Waals surface area contributed by atoms with Crippen LogP contribution in [0.2, 0.25) is 0 Å². The molecule has 0 aromatic heterocycles. The quantitative estimate of drug-likeness (QED) is 0.837. The lowest BCUT2D eigenvalue weighted by atomic mass is 9.75. The molecular weight excluding hydrogens is 224 g/mol. The van der Waals surface area contributed by atoms with Crippen molar-refractivity contribution in [1.82, 2.24) is 4.90 Å². The van der Waals surface area contributed by atoms with Crippen molar-refractivity contribution in [3.05, 3.63) is 0 Å². The van der Waals surface area contributed by atoms with Crippen LogP contribution in [0.4, 0.5) is 0 Å². The van der Waals surface area contributed by atoms with E-state index >= 15 is 0 Å². The molecule has 2 N–H and O–H groups in total. The first-order valence-electron chi connectivity index (χ1n) is 7.54. The van der Waals surface area contributed by atoms with Gasteiger partial charge >= 0.3 is 0 Å². The van der Waals surface area contributed by atoms with Crippen LogP contribution in [-0.4, -0.2) is 43.3 Å². The van der Waals surface area contributed by atoms with Crippen molar-refractivity contribution < 1.29 is 4.74 Å².